The van der Waals surface area contributed by atoms with Gasteiger partial charge >= 0.3 is 0 Å². The Morgan fingerprint density at radius 1 is 1.37 bits per heavy atom. The van der Waals surface area contributed by atoms with Crippen LogP contribution in [0.2, 0.25) is 0 Å². The molecule has 1 aromatic heterocycles. The van der Waals surface area contributed by atoms with E-state index in [0.29, 0.717) is 5.75 Å². The molecule has 1 amide bonds. The fourth-order valence-electron chi connectivity index (χ4n) is 1.72. The maximum absolute atomic E-state index is 11.4. The molecular formula is C14H16N2O3. The molecule has 2 aromatic rings. The van der Waals surface area contributed by atoms with Gasteiger partial charge in [-0.2, -0.15) is 0 Å². The lowest BCUT2D eigenvalue weighted by atomic mass is 10.2. The molecular weight excluding hydrogens is 244 g/mol. The summed E-state index contributed by atoms with van der Waals surface area (Å²) in [4.78, 5) is 15.8. The zero-order valence-electron chi connectivity index (χ0n) is 10.7. The quantitative estimate of drug-likeness (QED) is 0.842. The maximum Gasteiger partial charge on any atom is 0.258 e. The topological polar surface area (TPSA) is 71.5 Å². The second-order valence-corrected chi connectivity index (χ2v) is 4.14. The van der Waals surface area contributed by atoms with Gasteiger partial charge in [0, 0.05) is 17.6 Å². The third-order valence-electron chi connectivity index (χ3n) is 2.62. The highest BCUT2D eigenvalue weighted by atomic mass is 16.5. The highest BCUT2D eigenvalue weighted by Gasteiger charge is 2.06. The smallest absolute Gasteiger partial charge is 0.258 e. The largest absolute Gasteiger partial charge is 0.481 e. The molecule has 1 heterocycles. The number of rotatable bonds is 5. The Balaban J connectivity index is 2.12. The molecule has 0 aliphatic rings. The number of carbonyl (C=O) groups excluding carboxylic acids is 1. The lowest BCUT2D eigenvalue weighted by Gasteiger charge is -2.09. The molecule has 5 nitrogen and oxygen atoms in total. The molecule has 0 radical (unpaired) electrons. The molecule has 0 fully saturated rings. The van der Waals surface area contributed by atoms with Gasteiger partial charge in [0.1, 0.15) is 11.3 Å². The number of hydrogen-bond acceptors (Lipinski definition) is 4. The number of ether oxygens (including phenoxy) is 1. The molecule has 100 valence electrons. The average Bonchev–Trinajstić information content (AvgIpc) is 2.42. The van der Waals surface area contributed by atoms with Gasteiger partial charge in [-0.05, 0) is 19.1 Å². The fraction of sp³-hybridized carbons (Fsp3) is 0.286. The SMILES string of the molecule is Cc1ccc2cccc(OCC(=O)NCCO)c2n1. The van der Waals surface area contributed by atoms with Crippen LogP contribution in [0, 0.1) is 6.92 Å². The Labute approximate surface area is 111 Å². The Kier molecular flexibility index (Phi) is 4.30. The van der Waals surface area contributed by atoms with Crippen LogP contribution in [0.5, 0.6) is 5.75 Å². The van der Waals surface area contributed by atoms with Crippen LogP contribution in [0.15, 0.2) is 30.3 Å². The number of aliphatic hydroxyl groups is 1. The van der Waals surface area contributed by atoms with E-state index in [4.69, 9.17) is 9.84 Å². The molecule has 5 heteroatoms. The van der Waals surface area contributed by atoms with E-state index in [1.54, 1.807) is 6.07 Å². The van der Waals surface area contributed by atoms with Gasteiger partial charge in [-0.1, -0.05) is 18.2 Å². The van der Waals surface area contributed by atoms with E-state index in [1.165, 1.54) is 0 Å². The predicted octanol–water partition coefficient (Wildman–Crippen LogP) is 1.03. The molecule has 0 bridgehead atoms. The molecule has 2 N–H and O–H groups in total. The normalized spacial score (nSPS) is 10.4. The lowest BCUT2D eigenvalue weighted by Crippen LogP contribution is -2.31. The first-order valence-electron chi connectivity index (χ1n) is 6.07. The number of carbonyl (C=O) groups is 1. The van der Waals surface area contributed by atoms with Crippen molar-refractivity contribution in [2.24, 2.45) is 0 Å². The third kappa shape index (κ3) is 3.42. The average molecular weight is 260 g/mol. The van der Waals surface area contributed by atoms with Gasteiger partial charge in [0.2, 0.25) is 0 Å². The molecule has 0 aliphatic heterocycles. The summed E-state index contributed by atoms with van der Waals surface area (Å²) in [5.41, 5.74) is 1.64. The summed E-state index contributed by atoms with van der Waals surface area (Å²) in [5, 5.41) is 12.1. The van der Waals surface area contributed by atoms with E-state index in [-0.39, 0.29) is 25.7 Å². The Morgan fingerprint density at radius 2 is 2.21 bits per heavy atom. The van der Waals surface area contributed by atoms with Gasteiger partial charge < -0.3 is 15.2 Å². The molecule has 2 rings (SSSR count). The number of aliphatic hydroxyl groups excluding tert-OH is 1. The van der Waals surface area contributed by atoms with Crippen LogP contribution in [-0.2, 0) is 4.79 Å². The van der Waals surface area contributed by atoms with Crippen LogP contribution in [0.1, 0.15) is 5.69 Å². The van der Waals surface area contributed by atoms with Gasteiger partial charge in [0.15, 0.2) is 6.61 Å². The summed E-state index contributed by atoms with van der Waals surface area (Å²) in [6.45, 7) is 1.97. The minimum absolute atomic E-state index is 0.0826. The summed E-state index contributed by atoms with van der Waals surface area (Å²) in [7, 11) is 0. The number of aryl methyl sites for hydroxylation is 1. The monoisotopic (exact) mass is 260 g/mol. The molecule has 0 spiro atoms. The van der Waals surface area contributed by atoms with Crippen molar-refractivity contribution in [1.82, 2.24) is 10.3 Å². The van der Waals surface area contributed by atoms with Crippen molar-refractivity contribution in [3.63, 3.8) is 0 Å². The van der Waals surface area contributed by atoms with Crippen LogP contribution >= 0.6 is 0 Å². The van der Waals surface area contributed by atoms with Crippen LogP contribution in [-0.4, -0.2) is 35.8 Å². The first-order chi connectivity index (χ1) is 9.20. The highest BCUT2D eigenvalue weighted by molar-refractivity contribution is 5.85. The molecule has 19 heavy (non-hydrogen) atoms. The standard InChI is InChI=1S/C14H16N2O3/c1-10-5-6-11-3-2-4-12(14(11)16-10)19-9-13(18)15-7-8-17/h2-6,17H,7-9H2,1H3,(H,15,18). The van der Waals surface area contributed by atoms with E-state index in [1.807, 2.05) is 31.2 Å². The van der Waals surface area contributed by atoms with E-state index >= 15 is 0 Å². The minimum atomic E-state index is -0.265. The first kappa shape index (κ1) is 13.3. The number of aromatic nitrogens is 1. The van der Waals surface area contributed by atoms with Gasteiger partial charge in [0.05, 0.1) is 6.61 Å². The number of hydrogen-bond donors (Lipinski definition) is 2. The number of fused-ring (bicyclic) bond motifs is 1. The number of nitrogens with one attached hydrogen (secondary N) is 1. The summed E-state index contributed by atoms with van der Waals surface area (Å²) in [6.07, 6.45) is 0. The maximum atomic E-state index is 11.4. The predicted molar refractivity (Wildman–Crippen MR) is 72.1 cm³/mol. The molecule has 0 saturated carbocycles. The van der Waals surface area contributed by atoms with Crippen LogP contribution in [0.3, 0.4) is 0 Å². The number of para-hydroxylation sites is 1. The van der Waals surface area contributed by atoms with Crippen molar-refractivity contribution in [2.75, 3.05) is 19.8 Å². The summed E-state index contributed by atoms with van der Waals surface area (Å²) in [5.74, 6) is 0.319. The second-order valence-electron chi connectivity index (χ2n) is 4.14. The summed E-state index contributed by atoms with van der Waals surface area (Å²) in [6, 6.07) is 9.49. The number of pyridine rings is 1. The fourth-order valence-corrected chi connectivity index (χ4v) is 1.72. The Hall–Kier alpha value is -2.14. The van der Waals surface area contributed by atoms with Gasteiger partial charge in [-0.3, -0.25) is 4.79 Å². The van der Waals surface area contributed by atoms with Crippen molar-refractivity contribution in [2.45, 2.75) is 6.92 Å². The zero-order valence-corrected chi connectivity index (χ0v) is 10.7. The van der Waals surface area contributed by atoms with Crippen molar-refractivity contribution >= 4 is 16.8 Å². The number of amides is 1. The summed E-state index contributed by atoms with van der Waals surface area (Å²) < 4.78 is 5.48. The van der Waals surface area contributed by atoms with Gasteiger partial charge in [-0.25, -0.2) is 4.98 Å². The third-order valence-corrected chi connectivity index (χ3v) is 2.62. The molecule has 0 aliphatic carbocycles. The molecule has 0 saturated heterocycles. The van der Waals surface area contributed by atoms with Crippen molar-refractivity contribution in [1.29, 1.82) is 0 Å². The van der Waals surface area contributed by atoms with Crippen molar-refractivity contribution in [3.8, 4) is 5.75 Å². The van der Waals surface area contributed by atoms with Crippen molar-refractivity contribution in [3.05, 3.63) is 36.0 Å². The zero-order chi connectivity index (χ0) is 13.7. The van der Waals surface area contributed by atoms with Crippen LogP contribution in [0.25, 0.3) is 10.9 Å². The van der Waals surface area contributed by atoms with E-state index < -0.39 is 0 Å². The van der Waals surface area contributed by atoms with E-state index in [0.717, 1.165) is 16.6 Å². The molecule has 0 unspecified atom stereocenters. The highest BCUT2D eigenvalue weighted by Crippen LogP contribution is 2.23. The molecule has 0 atom stereocenters. The first-order valence-corrected chi connectivity index (χ1v) is 6.07. The number of nitrogens with zero attached hydrogens (tertiary/aromatic N) is 1. The van der Waals surface area contributed by atoms with E-state index in [2.05, 4.69) is 10.3 Å². The summed E-state index contributed by atoms with van der Waals surface area (Å²) >= 11 is 0. The lowest BCUT2D eigenvalue weighted by molar-refractivity contribution is -0.123. The van der Waals surface area contributed by atoms with Crippen LogP contribution in [0.4, 0.5) is 0 Å². The van der Waals surface area contributed by atoms with Crippen LogP contribution < -0.4 is 10.1 Å². The van der Waals surface area contributed by atoms with Gasteiger partial charge in [0.25, 0.3) is 5.91 Å². The van der Waals surface area contributed by atoms with Gasteiger partial charge in [-0.15, -0.1) is 0 Å². The Morgan fingerprint density at radius 3 is 3.00 bits per heavy atom. The van der Waals surface area contributed by atoms with E-state index in [9.17, 15) is 4.79 Å². The minimum Gasteiger partial charge on any atom is -0.481 e. The number of benzene rings is 1. The van der Waals surface area contributed by atoms with Crippen molar-refractivity contribution < 1.29 is 14.6 Å². The Bertz CT molecular complexity index is 584. The molecule has 1 aromatic carbocycles. The second kappa shape index (κ2) is 6.15.